The maximum absolute atomic E-state index is 13.1. The number of nitriles is 1. The smallest absolute Gasteiger partial charge is 0.314 e. The van der Waals surface area contributed by atoms with Gasteiger partial charge in [-0.05, 0) is 43.3 Å². The lowest BCUT2D eigenvalue weighted by molar-refractivity contribution is -0.132. The van der Waals surface area contributed by atoms with Crippen LogP contribution in [0.2, 0.25) is 0 Å². The van der Waals surface area contributed by atoms with Crippen LogP contribution in [0.1, 0.15) is 32.1 Å². The standard InChI is InChI=1S/C19H23N6O/c1-21-11-16-15(10-22-23-16)13-4-2-5-17-14(13)7-9-25(17)19(26)18-6-3-8-24(18)12-20/h4,18,22-23H,2-3,5-10H2,1H3/q+1/t18-/m0/s1. The van der Waals surface area contributed by atoms with Gasteiger partial charge in [0.15, 0.2) is 11.9 Å². The summed E-state index contributed by atoms with van der Waals surface area (Å²) >= 11 is 0. The second-order valence-electron chi connectivity index (χ2n) is 6.94. The van der Waals surface area contributed by atoms with Crippen molar-refractivity contribution in [1.29, 1.82) is 5.26 Å². The molecular formula is C19H23N6O+. The van der Waals surface area contributed by atoms with Crippen molar-refractivity contribution in [3.63, 3.8) is 0 Å². The fourth-order valence-electron chi connectivity index (χ4n) is 4.41. The minimum atomic E-state index is -0.286. The summed E-state index contributed by atoms with van der Waals surface area (Å²) < 4.78 is 0. The Balaban J connectivity index is 1.63. The molecule has 7 heteroatoms. The van der Waals surface area contributed by atoms with Crippen LogP contribution in [0.5, 0.6) is 0 Å². The molecule has 1 atom stereocenters. The van der Waals surface area contributed by atoms with Gasteiger partial charge in [0.05, 0.1) is 0 Å². The summed E-state index contributed by atoms with van der Waals surface area (Å²) in [7, 11) is 1.71. The number of rotatable bonds is 2. The molecule has 0 aromatic carbocycles. The van der Waals surface area contributed by atoms with Gasteiger partial charge in [-0.3, -0.25) is 9.69 Å². The molecule has 4 aliphatic rings. The molecule has 26 heavy (non-hydrogen) atoms. The van der Waals surface area contributed by atoms with Gasteiger partial charge in [0.25, 0.3) is 7.05 Å². The summed E-state index contributed by atoms with van der Waals surface area (Å²) in [5, 5.41) is 9.27. The van der Waals surface area contributed by atoms with Crippen LogP contribution < -0.4 is 10.9 Å². The van der Waals surface area contributed by atoms with Crippen LogP contribution in [0.15, 0.2) is 34.2 Å². The Bertz CT molecular complexity index is 834. The molecule has 1 fully saturated rings. The van der Waals surface area contributed by atoms with Crippen molar-refractivity contribution in [3.05, 3.63) is 39.0 Å². The number of amides is 1. The summed E-state index contributed by atoms with van der Waals surface area (Å²) in [6.45, 7) is 2.13. The van der Waals surface area contributed by atoms with Crippen LogP contribution in [0, 0.1) is 17.5 Å². The van der Waals surface area contributed by atoms with E-state index in [1.165, 1.54) is 11.1 Å². The van der Waals surface area contributed by atoms with Gasteiger partial charge < -0.3 is 10.3 Å². The Morgan fingerprint density at radius 2 is 2.23 bits per heavy atom. The third kappa shape index (κ3) is 2.65. The molecule has 0 saturated carbocycles. The molecule has 3 heterocycles. The maximum atomic E-state index is 13.1. The van der Waals surface area contributed by atoms with E-state index in [0.29, 0.717) is 13.1 Å². The quantitative estimate of drug-likeness (QED) is 0.737. The molecule has 7 nitrogen and oxygen atoms in total. The highest BCUT2D eigenvalue weighted by Gasteiger charge is 2.39. The number of carbonyl (C=O) groups is 1. The maximum Gasteiger partial charge on any atom is 0.330 e. The highest BCUT2D eigenvalue weighted by atomic mass is 16.2. The van der Waals surface area contributed by atoms with E-state index >= 15 is 0 Å². The number of hydrogen-bond acceptors (Lipinski definition) is 5. The Morgan fingerprint density at radius 1 is 1.35 bits per heavy atom. The van der Waals surface area contributed by atoms with Gasteiger partial charge in [0.1, 0.15) is 6.04 Å². The number of nitrogens with one attached hydrogen (secondary N) is 2. The molecule has 0 aromatic rings. The molecule has 134 valence electrons. The van der Waals surface area contributed by atoms with E-state index in [4.69, 9.17) is 0 Å². The zero-order chi connectivity index (χ0) is 18.1. The van der Waals surface area contributed by atoms with Crippen molar-refractivity contribution < 1.29 is 4.79 Å². The molecule has 1 amide bonds. The Kier molecular flexibility index (Phi) is 4.40. The second kappa shape index (κ2) is 6.86. The molecule has 0 unspecified atom stereocenters. The summed E-state index contributed by atoms with van der Waals surface area (Å²) in [4.78, 5) is 20.7. The molecule has 1 saturated heterocycles. The zero-order valence-electron chi connectivity index (χ0n) is 15.0. The van der Waals surface area contributed by atoms with Crippen LogP contribution in [0.3, 0.4) is 0 Å². The number of allylic oxidation sites excluding steroid dienone is 3. The number of hydrogen-bond donors (Lipinski definition) is 2. The third-order valence-electron chi connectivity index (χ3n) is 5.58. The van der Waals surface area contributed by atoms with Crippen molar-refractivity contribution in [2.75, 3.05) is 26.7 Å². The van der Waals surface area contributed by atoms with Crippen molar-refractivity contribution in [1.82, 2.24) is 20.7 Å². The van der Waals surface area contributed by atoms with Crippen molar-refractivity contribution >= 4 is 5.91 Å². The molecule has 0 bridgehead atoms. The summed E-state index contributed by atoms with van der Waals surface area (Å²) in [5.41, 5.74) is 11.9. The zero-order valence-corrected chi connectivity index (χ0v) is 15.0. The fourth-order valence-corrected chi connectivity index (χ4v) is 4.41. The Morgan fingerprint density at radius 3 is 3.04 bits per heavy atom. The predicted molar refractivity (Wildman–Crippen MR) is 97.3 cm³/mol. The highest BCUT2D eigenvalue weighted by Crippen LogP contribution is 2.40. The first kappa shape index (κ1) is 16.7. The predicted octanol–water partition coefficient (Wildman–Crippen LogP) is 1.46. The van der Waals surface area contributed by atoms with Crippen LogP contribution in [-0.4, -0.2) is 48.4 Å². The topological polar surface area (TPSA) is 75.8 Å². The first-order valence-corrected chi connectivity index (χ1v) is 9.22. The molecule has 0 aromatic heterocycles. The molecule has 0 spiro atoms. The number of carbonyl (C=O) groups excluding carboxylic acids is 1. The van der Waals surface area contributed by atoms with Crippen LogP contribution in [-0.2, 0) is 4.79 Å². The second-order valence-corrected chi connectivity index (χ2v) is 6.94. The lowest BCUT2D eigenvalue weighted by atomic mass is 9.89. The number of nitrogens with zero attached hydrogens (tertiary/aromatic N) is 4. The number of likely N-dealkylation sites (tertiary alicyclic amines) is 1. The van der Waals surface area contributed by atoms with Crippen LogP contribution in [0.25, 0.3) is 4.85 Å². The average Bonchev–Trinajstić information content (AvgIpc) is 3.39. The summed E-state index contributed by atoms with van der Waals surface area (Å²) in [6, 6.07) is 2.72. The number of hydrazine groups is 1. The molecule has 0 radical (unpaired) electrons. The molecular weight excluding hydrogens is 328 g/mol. The minimum absolute atomic E-state index is 0.0915. The van der Waals surface area contributed by atoms with Gasteiger partial charge in [-0.25, -0.2) is 5.43 Å². The molecule has 3 aliphatic heterocycles. The molecule has 2 N–H and O–H groups in total. The van der Waals surface area contributed by atoms with E-state index < -0.39 is 0 Å². The van der Waals surface area contributed by atoms with Gasteiger partial charge >= 0.3 is 6.07 Å². The van der Waals surface area contributed by atoms with Crippen molar-refractivity contribution in [3.8, 4) is 12.3 Å². The molecule has 1 aliphatic carbocycles. The average molecular weight is 351 g/mol. The minimum Gasteiger partial charge on any atom is -0.314 e. The molecule has 4 rings (SSSR count). The highest BCUT2D eigenvalue weighted by molar-refractivity contribution is 5.85. The van der Waals surface area contributed by atoms with Crippen LogP contribution >= 0.6 is 0 Å². The van der Waals surface area contributed by atoms with Crippen molar-refractivity contribution in [2.45, 2.75) is 38.1 Å². The summed E-state index contributed by atoms with van der Waals surface area (Å²) in [6.07, 6.45) is 8.81. The van der Waals surface area contributed by atoms with Gasteiger partial charge in [-0.1, -0.05) is 10.9 Å². The first-order chi connectivity index (χ1) is 12.7. The third-order valence-corrected chi connectivity index (χ3v) is 5.58. The van der Waals surface area contributed by atoms with Crippen LogP contribution in [0.4, 0.5) is 0 Å². The lowest BCUT2D eigenvalue weighted by Gasteiger charge is -2.28. The van der Waals surface area contributed by atoms with Gasteiger partial charge in [0.2, 0.25) is 5.91 Å². The van der Waals surface area contributed by atoms with E-state index in [1.54, 1.807) is 11.9 Å². The van der Waals surface area contributed by atoms with E-state index in [0.717, 1.165) is 55.6 Å². The summed E-state index contributed by atoms with van der Waals surface area (Å²) in [5.74, 6) is 0.0915. The van der Waals surface area contributed by atoms with E-state index in [-0.39, 0.29) is 11.9 Å². The van der Waals surface area contributed by atoms with E-state index in [9.17, 15) is 10.1 Å². The lowest BCUT2D eigenvalue weighted by Crippen LogP contribution is -2.42. The first-order valence-electron chi connectivity index (χ1n) is 9.22. The monoisotopic (exact) mass is 351 g/mol. The largest absolute Gasteiger partial charge is 0.330 e. The van der Waals surface area contributed by atoms with Gasteiger partial charge in [-0.15, -0.1) is 0 Å². The van der Waals surface area contributed by atoms with E-state index in [2.05, 4.69) is 34.0 Å². The fraction of sp³-hybridized carbons (Fsp3) is 0.526. The van der Waals surface area contributed by atoms with Gasteiger partial charge in [0, 0.05) is 30.9 Å². The SMILES string of the molecule is C[N+]#CC1=C(C2=CCCC3=C2CCN3C(=O)[C@@H]2CCCN2C#N)CNN1. The van der Waals surface area contributed by atoms with Gasteiger partial charge in [-0.2, -0.15) is 5.26 Å². The Labute approximate surface area is 153 Å². The normalized spacial score (nSPS) is 24.8. The van der Waals surface area contributed by atoms with E-state index in [1.807, 2.05) is 4.90 Å². The van der Waals surface area contributed by atoms with Crippen molar-refractivity contribution in [2.24, 2.45) is 0 Å². The Hall–Kier alpha value is -2.77.